The van der Waals surface area contributed by atoms with Gasteiger partial charge in [-0.05, 0) is 59.7 Å². The highest BCUT2D eigenvalue weighted by atomic mass is 32.2. The van der Waals surface area contributed by atoms with E-state index in [1.807, 2.05) is 23.9 Å². The number of rotatable bonds is 3. The van der Waals surface area contributed by atoms with E-state index in [2.05, 4.69) is 54.6 Å². The predicted octanol–water partition coefficient (Wildman–Crippen LogP) is 6.30. The maximum atomic E-state index is 5.29. The Morgan fingerprint density at radius 2 is 1.67 bits per heavy atom. The van der Waals surface area contributed by atoms with Gasteiger partial charge in [-0.3, -0.25) is 0 Å². The molecule has 2 aromatic rings. The van der Waals surface area contributed by atoms with E-state index in [0.29, 0.717) is 0 Å². The van der Waals surface area contributed by atoms with Crippen molar-refractivity contribution in [3.8, 4) is 5.75 Å². The summed E-state index contributed by atoms with van der Waals surface area (Å²) < 4.78 is 5.29. The third kappa shape index (κ3) is 2.94. The van der Waals surface area contributed by atoms with Gasteiger partial charge in [0.2, 0.25) is 0 Å². The summed E-state index contributed by atoms with van der Waals surface area (Å²) >= 11 is 1.90. The van der Waals surface area contributed by atoms with Crippen LogP contribution in [0.3, 0.4) is 0 Å². The minimum absolute atomic E-state index is 0.900. The fourth-order valence-electron chi connectivity index (χ4n) is 3.27. The lowest BCUT2D eigenvalue weighted by Crippen LogP contribution is -2.02. The van der Waals surface area contributed by atoms with E-state index in [1.165, 1.54) is 51.3 Å². The van der Waals surface area contributed by atoms with E-state index >= 15 is 0 Å². The Labute approximate surface area is 147 Å². The Kier molecular flexibility index (Phi) is 4.31. The average molecular weight is 332 g/mol. The van der Waals surface area contributed by atoms with Crippen molar-refractivity contribution >= 4 is 22.2 Å². The van der Waals surface area contributed by atoms with Crippen LogP contribution < -0.4 is 4.74 Å². The highest BCUT2D eigenvalue weighted by Crippen LogP contribution is 2.49. The van der Waals surface area contributed by atoms with Crippen molar-refractivity contribution in [3.05, 3.63) is 88.4 Å². The first-order valence-corrected chi connectivity index (χ1v) is 9.20. The number of hydrogen-bond acceptors (Lipinski definition) is 2. The van der Waals surface area contributed by atoms with E-state index < -0.39 is 0 Å². The molecule has 24 heavy (non-hydrogen) atoms. The van der Waals surface area contributed by atoms with Gasteiger partial charge in [-0.25, -0.2) is 0 Å². The van der Waals surface area contributed by atoms with Crippen molar-refractivity contribution in [1.82, 2.24) is 0 Å². The Morgan fingerprint density at radius 3 is 2.42 bits per heavy atom. The van der Waals surface area contributed by atoms with Crippen LogP contribution in [0.4, 0.5) is 0 Å². The molecule has 1 nitrogen and oxygen atoms in total. The van der Waals surface area contributed by atoms with Crippen LogP contribution in [0, 0.1) is 0 Å². The molecule has 0 amide bonds. The molecular formula is C22H20OS. The van der Waals surface area contributed by atoms with E-state index in [0.717, 1.165) is 5.75 Å². The van der Waals surface area contributed by atoms with Gasteiger partial charge >= 0.3 is 0 Å². The van der Waals surface area contributed by atoms with E-state index in [9.17, 15) is 0 Å². The predicted molar refractivity (Wildman–Crippen MR) is 104 cm³/mol. The van der Waals surface area contributed by atoms with Crippen LogP contribution in [-0.4, -0.2) is 7.11 Å². The third-order valence-corrected chi connectivity index (χ3v) is 5.74. The first kappa shape index (κ1) is 15.3. The van der Waals surface area contributed by atoms with Crippen LogP contribution in [0.1, 0.15) is 30.4 Å². The highest BCUT2D eigenvalue weighted by Gasteiger charge is 2.22. The Balaban J connectivity index is 1.81. The third-order valence-electron chi connectivity index (χ3n) is 4.54. The minimum atomic E-state index is 0.900. The van der Waals surface area contributed by atoms with Crippen molar-refractivity contribution in [2.45, 2.75) is 19.3 Å². The molecule has 4 rings (SSSR count). The lowest BCUT2D eigenvalue weighted by Gasteiger charge is -2.26. The lowest BCUT2D eigenvalue weighted by molar-refractivity contribution is 0.415. The van der Waals surface area contributed by atoms with Gasteiger partial charge in [0.1, 0.15) is 5.75 Å². The number of methoxy groups -OCH3 is 1. The zero-order valence-electron chi connectivity index (χ0n) is 13.8. The molecule has 0 saturated carbocycles. The van der Waals surface area contributed by atoms with Gasteiger partial charge in [0.15, 0.2) is 0 Å². The van der Waals surface area contributed by atoms with Crippen molar-refractivity contribution in [3.63, 3.8) is 0 Å². The SMILES string of the molecule is COc1ccc(C2=CC(c3ccccc3)=C3CCCC=C3S2)cc1. The quantitative estimate of drug-likeness (QED) is 0.652. The molecule has 0 radical (unpaired) electrons. The smallest absolute Gasteiger partial charge is 0.118 e. The second kappa shape index (κ2) is 6.74. The first-order chi connectivity index (χ1) is 11.8. The van der Waals surface area contributed by atoms with Crippen molar-refractivity contribution in [1.29, 1.82) is 0 Å². The standard InChI is InChI=1S/C22H20OS/c1-23-18-13-11-17(12-14-18)22-15-20(16-7-3-2-4-8-16)19-9-5-6-10-21(19)24-22/h2-4,7-8,10-15H,5-6,9H2,1H3. The molecule has 0 aromatic heterocycles. The number of ether oxygens (including phenoxy) is 1. The van der Waals surface area contributed by atoms with Crippen LogP contribution >= 0.6 is 11.8 Å². The van der Waals surface area contributed by atoms with Gasteiger partial charge < -0.3 is 4.74 Å². The molecule has 0 fully saturated rings. The van der Waals surface area contributed by atoms with E-state index in [-0.39, 0.29) is 0 Å². The Bertz CT molecular complexity index is 826. The molecule has 0 bridgehead atoms. The van der Waals surface area contributed by atoms with Gasteiger partial charge in [-0.1, -0.05) is 60.3 Å². The van der Waals surface area contributed by atoms with Crippen molar-refractivity contribution in [2.75, 3.05) is 7.11 Å². The average Bonchev–Trinajstić information content (AvgIpc) is 2.68. The largest absolute Gasteiger partial charge is 0.497 e. The molecule has 0 N–H and O–H groups in total. The molecule has 0 unspecified atom stereocenters. The molecule has 2 aliphatic rings. The normalized spacial score (nSPS) is 17.0. The summed E-state index contributed by atoms with van der Waals surface area (Å²) in [5, 5.41) is 0. The maximum absolute atomic E-state index is 5.29. The number of fused-ring (bicyclic) bond motifs is 1. The van der Waals surface area contributed by atoms with Gasteiger partial charge in [-0.15, -0.1) is 0 Å². The molecule has 2 aromatic carbocycles. The van der Waals surface area contributed by atoms with Gasteiger partial charge in [-0.2, -0.15) is 0 Å². The molecular weight excluding hydrogens is 312 g/mol. The van der Waals surface area contributed by atoms with Gasteiger partial charge in [0.05, 0.1) is 7.11 Å². The summed E-state index contributed by atoms with van der Waals surface area (Å²) in [7, 11) is 1.71. The minimum Gasteiger partial charge on any atom is -0.497 e. The zero-order valence-corrected chi connectivity index (χ0v) is 14.6. The number of hydrogen-bond donors (Lipinski definition) is 0. The van der Waals surface area contributed by atoms with Crippen LogP contribution in [0.25, 0.3) is 10.5 Å². The fourth-order valence-corrected chi connectivity index (χ4v) is 4.47. The molecule has 0 atom stereocenters. The fraction of sp³-hybridized carbons (Fsp3) is 0.182. The molecule has 0 saturated heterocycles. The zero-order chi connectivity index (χ0) is 16.4. The van der Waals surface area contributed by atoms with Crippen LogP contribution in [0.5, 0.6) is 5.75 Å². The number of thioether (sulfide) groups is 1. The number of benzene rings is 2. The lowest BCUT2D eigenvalue weighted by atomic mass is 9.91. The van der Waals surface area contributed by atoms with Crippen molar-refractivity contribution < 1.29 is 4.74 Å². The second-order valence-corrected chi connectivity index (χ2v) is 7.14. The van der Waals surface area contributed by atoms with Gasteiger partial charge in [0, 0.05) is 9.81 Å². The summed E-state index contributed by atoms with van der Waals surface area (Å²) in [5.74, 6) is 0.900. The van der Waals surface area contributed by atoms with Crippen molar-refractivity contribution in [2.24, 2.45) is 0 Å². The summed E-state index contributed by atoms with van der Waals surface area (Å²) in [5.41, 5.74) is 5.45. The highest BCUT2D eigenvalue weighted by molar-refractivity contribution is 8.12. The van der Waals surface area contributed by atoms with Crippen LogP contribution in [-0.2, 0) is 0 Å². The molecule has 2 heteroatoms. The first-order valence-electron chi connectivity index (χ1n) is 8.38. The van der Waals surface area contributed by atoms with E-state index in [1.54, 1.807) is 7.11 Å². The molecule has 1 aliphatic carbocycles. The van der Waals surface area contributed by atoms with Crippen LogP contribution in [0.15, 0.2) is 77.2 Å². The maximum Gasteiger partial charge on any atom is 0.118 e. The molecule has 120 valence electrons. The summed E-state index contributed by atoms with van der Waals surface area (Å²) in [6.45, 7) is 0. The molecule has 0 spiro atoms. The monoisotopic (exact) mass is 332 g/mol. The van der Waals surface area contributed by atoms with Crippen LogP contribution in [0.2, 0.25) is 0 Å². The summed E-state index contributed by atoms with van der Waals surface area (Å²) in [4.78, 5) is 2.75. The number of allylic oxidation sites excluding steroid dienone is 4. The second-order valence-electron chi connectivity index (χ2n) is 6.06. The Morgan fingerprint density at radius 1 is 0.875 bits per heavy atom. The summed E-state index contributed by atoms with van der Waals surface area (Å²) in [6, 6.07) is 19.1. The Hall–Kier alpha value is -2.19. The topological polar surface area (TPSA) is 9.23 Å². The summed E-state index contributed by atoms with van der Waals surface area (Å²) in [6.07, 6.45) is 8.38. The molecule has 1 aliphatic heterocycles. The van der Waals surface area contributed by atoms with Gasteiger partial charge in [0.25, 0.3) is 0 Å². The van der Waals surface area contributed by atoms with E-state index in [4.69, 9.17) is 4.74 Å². The molecule has 1 heterocycles.